The Labute approximate surface area is 114 Å². The van der Waals surface area contributed by atoms with Crippen LogP contribution in [0.25, 0.3) is 16.6 Å². The molecule has 2 heterocycles. The molecule has 0 aliphatic rings. The van der Waals surface area contributed by atoms with E-state index in [-0.39, 0.29) is 0 Å². The van der Waals surface area contributed by atoms with Gasteiger partial charge in [0.1, 0.15) is 11.5 Å². The van der Waals surface area contributed by atoms with Gasteiger partial charge in [-0.2, -0.15) is 0 Å². The molecule has 5 heteroatoms. The van der Waals surface area contributed by atoms with Gasteiger partial charge in [-0.05, 0) is 29.2 Å². The lowest BCUT2D eigenvalue weighted by Gasteiger charge is -2.01. The van der Waals surface area contributed by atoms with E-state index in [9.17, 15) is 0 Å². The van der Waals surface area contributed by atoms with Crippen LogP contribution in [0.4, 0.5) is 5.82 Å². The summed E-state index contributed by atoms with van der Waals surface area (Å²) in [7, 11) is 0. The first-order valence-electron chi connectivity index (χ1n) is 5.33. The average molecular weight is 275 g/mol. The van der Waals surface area contributed by atoms with Crippen LogP contribution in [0.15, 0.2) is 41.3 Å². The Morgan fingerprint density at radius 1 is 1.39 bits per heavy atom. The van der Waals surface area contributed by atoms with E-state index < -0.39 is 0 Å². The zero-order chi connectivity index (χ0) is 12.8. The van der Waals surface area contributed by atoms with Crippen molar-refractivity contribution in [3.05, 3.63) is 47.0 Å². The Kier molecular flexibility index (Phi) is 4.55. The molecule has 3 nitrogen and oxygen atoms in total. The summed E-state index contributed by atoms with van der Waals surface area (Å²) >= 11 is 3.28. The molecule has 0 amide bonds. The summed E-state index contributed by atoms with van der Waals surface area (Å²) in [6.07, 6.45) is 9.44. The predicted molar refractivity (Wildman–Crippen MR) is 81.4 cm³/mol. The first kappa shape index (κ1) is 12.9. The van der Waals surface area contributed by atoms with E-state index in [0.29, 0.717) is 11.5 Å². The van der Waals surface area contributed by atoms with Gasteiger partial charge in [-0.25, -0.2) is 9.97 Å². The lowest BCUT2D eigenvalue weighted by atomic mass is 10.3. The Balaban J connectivity index is 2.27. The molecule has 92 valence electrons. The van der Waals surface area contributed by atoms with Gasteiger partial charge in [-0.15, -0.1) is 23.1 Å². The number of aromatic nitrogens is 2. The van der Waals surface area contributed by atoms with Crippen molar-refractivity contribution < 1.29 is 0 Å². The van der Waals surface area contributed by atoms with E-state index >= 15 is 0 Å². The zero-order valence-electron chi connectivity index (χ0n) is 9.91. The fourth-order valence-corrected chi connectivity index (χ4v) is 2.28. The maximum atomic E-state index is 5.81. The minimum absolute atomic E-state index is 0.448. The number of rotatable bonds is 4. The number of anilines is 1. The lowest BCUT2D eigenvalue weighted by molar-refractivity contribution is 1.20. The van der Waals surface area contributed by atoms with E-state index in [1.165, 1.54) is 0 Å². The summed E-state index contributed by atoms with van der Waals surface area (Å²) in [6, 6.07) is 4.01. The fraction of sp³-hybridized carbons (Fsp3) is 0.0769. The maximum absolute atomic E-state index is 5.81. The molecule has 0 saturated carbocycles. The third kappa shape index (κ3) is 3.21. The van der Waals surface area contributed by atoms with E-state index in [4.69, 9.17) is 5.73 Å². The van der Waals surface area contributed by atoms with E-state index in [2.05, 4.69) is 9.97 Å². The number of thiophene rings is 1. The molecule has 2 rings (SSSR count). The molecule has 0 aromatic carbocycles. The fourth-order valence-electron chi connectivity index (χ4n) is 1.35. The summed E-state index contributed by atoms with van der Waals surface area (Å²) in [5.74, 6) is 0.448. The summed E-state index contributed by atoms with van der Waals surface area (Å²) in [4.78, 5) is 9.78. The largest absolute Gasteiger partial charge is 0.382 e. The molecule has 2 aromatic rings. The molecule has 2 aromatic heterocycles. The second kappa shape index (κ2) is 6.37. The highest BCUT2D eigenvalue weighted by molar-refractivity contribution is 8.01. The molecule has 0 saturated heterocycles. The summed E-state index contributed by atoms with van der Waals surface area (Å²) in [6.45, 7) is 0. The lowest BCUT2D eigenvalue weighted by Crippen LogP contribution is -1.97. The smallest absolute Gasteiger partial charge is 0.149 e. The van der Waals surface area contributed by atoms with Gasteiger partial charge in [-0.1, -0.05) is 18.2 Å². The Bertz CT molecular complexity index is 560. The van der Waals surface area contributed by atoms with Gasteiger partial charge < -0.3 is 5.73 Å². The molecular formula is C13H13N3S2. The van der Waals surface area contributed by atoms with Gasteiger partial charge in [-0.3, -0.25) is 0 Å². The number of hydrogen-bond donors (Lipinski definition) is 1. The van der Waals surface area contributed by atoms with Gasteiger partial charge >= 0.3 is 0 Å². The summed E-state index contributed by atoms with van der Waals surface area (Å²) in [5, 5.41) is 4.01. The minimum atomic E-state index is 0.448. The predicted octanol–water partition coefficient (Wildman–Crippen LogP) is 3.68. The Morgan fingerprint density at radius 2 is 2.28 bits per heavy atom. The highest BCUT2D eigenvalue weighted by atomic mass is 32.2. The number of allylic oxidation sites excluding steroid dienone is 2. The molecular weight excluding hydrogens is 262 g/mol. The van der Waals surface area contributed by atoms with Crippen molar-refractivity contribution in [2.75, 3.05) is 12.0 Å². The standard InChI is InChI=1S/C13H13N3S2/c1-17-7-3-2-5-10-13(14)15-9-11(16-10)12-6-4-8-18-12/h2-9H,1H3,(H2,14,15)/b5-2+,7-3-. The van der Waals surface area contributed by atoms with Crippen LogP contribution in [0.3, 0.4) is 0 Å². The maximum Gasteiger partial charge on any atom is 0.149 e. The molecule has 0 atom stereocenters. The van der Waals surface area contributed by atoms with Crippen LogP contribution in [-0.4, -0.2) is 16.2 Å². The van der Waals surface area contributed by atoms with Crippen LogP contribution in [0.1, 0.15) is 5.69 Å². The number of hydrogen-bond acceptors (Lipinski definition) is 5. The highest BCUT2D eigenvalue weighted by Gasteiger charge is 2.04. The van der Waals surface area contributed by atoms with Crippen molar-refractivity contribution in [3.63, 3.8) is 0 Å². The molecule has 0 radical (unpaired) electrons. The van der Waals surface area contributed by atoms with Gasteiger partial charge in [0.15, 0.2) is 0 Å². The van der Waals surface area contributed by atoms with Gasteiger partial charge in [0.2, 0.25) is 0 Å². The zero-order valence-corrected chi connectivity index (χ0v) is 11.5. The van der Waals surface area contributed by atoms with Crippen molar-refractivity contribution in [1.29, 1.82) is 0 Å². The van der Waals surface area contributed by atoms with Crippen LogP contribution in [-0.2, 0) is 0 Å². The molecule has 0 bridgehead atoms. The number of nitrogen functional groups attached to an aromatic ring is 1. The minimum Gasteiger partial charge on any atom is -0.382 e. The van der Waals surface area contributed by atoms with E-state index in [0.717, 1.165) is 10.6 Å². The van der Waals surface area contributed by atoms with Gasteiger partial charge in [0.05, 0.1) is 16.8 Å². The van der Waals surface area contributed by atoms with Gasteiger partial charge in [0, 0.05) is 0 Å². The first-order valence-corrected chi connectivity index (χ1v) is 7.50. The molecule has 18 heavy (non-hydrogen) atoms. The third-order valence-corrected chi connectivity index (χ3v) is 3.50. The molecule has 2 N–H and O–H groups in total. The quantitative estimate of drug-likeness (QED) is 0.865. The van der Waals surface area contributed by atoms with Crippen molar-refractivity contribution >= 4 is 35.0 Å². The molecule has 0 fully saturated rings. The van der Waals surface area contributed by atoms with Crippen LogP contribution < -0.4 is 5.73 Å². The monoisotopic (exact) mass is 275 g/mol. The van der Waals surface area contributed by atoms with Crippen molar-refractivity contribution in [1.82, 2.24) is 9.97 Å². The topological polar surface area (TPSA) is 51.8 Å². The number of thioether (sulfide) groups is 1. The van der Waals surface area contributed by atoms with Gasteiger partial charge in [0.25, 0.3) is 0 Å². The Morgan fingerprint density at radius 3 is 3.00 bits per heavy atom. The van der Waals surface area contributed by atoms with Crippen LogP contribution in [0.2, 0.25) is 0 Å². The summed E-state index contributed by atoms with van der Waals surface area (Å²) in [5.41, 5.74) is 7.36. The Hall–Kier alpha value is -1.59. The van der Waals surface area contributed by atoms with Crippen molar-refractivity contribution in [3.8, 4) is 10.6 Å². The third-order valence-electron chi connectivity index (χ3n) is 2.18. The molecule has 0 aliphatic carbocycles. The highest BCUT2D eigenvalue weighted by Crippen LogP contribution is 2.23. The number of nitrogens with zero attached hydrogens (tertiary/aromatic N) is 2. The first-order chi connectivity index (χ1) is 8.81. The normalized spacial score (nSPS) is 11.6. The second-order valence-electron chi connectivity index (χ2n) is 3.43. The average Bonchev–Trinajstić information content (AvgIpc) is 2.90. The van der Waals surface area contributed by atoms with Crippen LogP contribution >= 0.6 is 23.1 Å². The van der Waals surface area contributed by atoms with E-state index in [1.807, 2.05) is 47.4 Å². The molecule has 0 aliphatic heterocycles. The number of nitrogens with two attached hydrogens (primary N) is 1. The van der Waals surface area contributed by atoms with Crippen LogP contribution in [0.5, 0.6) is 0 Å². The SMILES string of the molecule is CS/C=C\C=C\c1nc(-c2cccs2)cnc1N. The van der Waals surface area contributed by atoms with Crippen molar-refractivity contribution in [2.45, 2.75) is 0 Å². The van der Waals surface area contributed by atoms with Crippen LogP contribution in [0, 0.1) is 0 Å². The van der Waals surface area contributed by atoms with E-state index in [1.54, 1.807) is 29.3 Å². The molecule has 0 unspecified atom stereocenters. The second-order valence-corrected chi connectivity index (χ2v) is 5.12. The van der Waals surface area contributed by atoms with Crippen molar-refractivity contribution in [2.24, 2.45) is 0 Å². The summed E-state index contributed by atoms with van der Waals surface area (Å²) < 4.78 is 0. The molecule has 0 spiro atoms.